The molecule has 1 saturated heterocycles. The van der Waals surface area contributed by atoms with Crippen molar-refractivity contribution in [1.82, 2.24) is 15.3 Å². The topological polar surface area (TPSA) is 76.0 Å². The van der Waals surface area contributed by atoms with Crippen LogP contribution >= 0.6 is 0 Å². The fourth-order valence-electron chi connectivity index (χ4n) is 4.30. The summed E-state index contributed by atoms with van der Waals surface area (Å²) in [5.41, 5.74) is 12.1. The summed E-state index contributed by atoms with van der Waals surface area (Å²) in [5, 5.41) is 4.78. The molecular weight excluding hydrogens is 360 g/mol. The van der Waals surface area contributed by atoms with Gasteiger partial charge in [0.25, 0.3) is 0 Å². The predicted octanol–water partition coefficient (Wildman–Crippen LogP) is 3.51. The Labute approximate surface area is 173 Å². The van der Waals surface area contributed by atoms with Crippen molar-refractivity contribution in [3.8, 4) is 0 Å². The van der Waals surface area contributed by atoms with Crippen LogP contribution in [0, 0.1) is 0 Å². The second-order valence-corrected chi connectivity index (χ2v) is 8.06. The number of hydrogen-bond acceptors (Lipinski definition) is 4. The summed E-state index contributed by atoms with van der Waals surface area (Å²) < 4.78 is 5.89. The zero-order chi connectivity index (χ0) is 19.9. The molecule has 4 rings (SSSR count). The number of rotatable bonds is 10. The van der Waals surface area contributed by atoms with Crippen LogP contribution < -0.4 is 11.1 Å². The number of pyridine rings is 1. The summed E-state index contributed by atoms with van der Waals surface area (Å²) in [6, 6.07) is 9.33. The quantitative estimate of drug-likeness (QED) is 0.493. The number of fused-ring (bicyclic) bond motifs is 1. The zero-order valence-electron chi connectivity index (χ0n) is 17.1. The maximum Gasteiger partial charge on any atom is 0.0732 e. The Balaban J connectivity index is 1.30. The summed E-state index contributed by atoms with van der Waals surface area (Å²) in [6.07, 6.45) is 12.6. The van der Waals surface area contributed by atoms with E-state index in [1.54, 1.807) is 0 Å². The average molecular weight is 393 g/mol. The van der Waals surface area contributed by atoms with E-state index in [-0.39, 0.29) is 0 Å². The Morgan fingerprint density at radius 1 is 1.10 bits per heavy atom. The molecule has 3 aromatic rings. The Hall–Kier alpha value is -2.21. The number of nitrogens with two attached hydrogens (primary N) is 1. The Morgan fingerprint density at radius 3 is 2.90 bits per heavy atom. The number of aromatic amines is 1. The number of hydrogen-bond donors (Lipinski definition) is 3. The van der Waals surface area contributed by atoms with Crippen LogP contribution in [0.1, 0.15) is 41.5 Å². The Morgan fingerprint density at radius 2 is 2.03 bits per heavy atom. The molecule has 29 heavy (non-hydrogen) atoms. The summed E-state index contributed by atoms with van der Waals surface area (Å²) in [5.74, 6) is 0. The summed E-state index contributed by atoms with van der Waals surface area (Å²) in [4.78, 5) is 7.88. The van der Waals surface area contributed by atoms with Crippen molar-refractivity contribution < 1.29 is 4.74 Å². The lowest BCUT2D eigenvalue weighted by Gasteiger charge is -2.11. The molecule has 0 saturated carbocycles. The van der Waals surface area contributed by atoms with E-state index < -0.39 is 0 Å². The highest BCUT2D eigenvalue weighted by Gasteiger charge is 2.13. The number of H-pyrrole nitrogens is 1. The maximum atomic E-state index is 5.89. The van der Waals surface area contributed by atoms with Crippen molar-refractivity contribution in [2.45, 2.75) is 51.2 Å². The van der Waals surface area contributed by atoms with Gasteiger partial charge in [-0.15, -0.1) is 0 Å². The molecule has 5 heteroatoms. The first-order valence-electron chi connectivity index (χ1n) is 10.9. The molecule has 1 aromatic carbocycles. The van der Waals surface area contributed by atoms with Gasteiger partial charge in [-0.05, 0) is 73.9 Å². The third-order valence-electron chi connectivity index (χ3n) is 5.81. The first kappa shape index (κ1) is 20.1. The summed E-state index contributed by atoms with van der Waals surface area (Å²) in [7, 11) is 0. The van der Waals surface area contributed by atoms with Gasteiger partial charge in [-0.25, -0.2) is 0 Å². The number of ether oxygens (including phenoxy) is 1. The lowest BCUT2D eigenvalue weighted by atomic mass is 10.0. The van der Waals surface area contributed by atoms with Gasteiger partial charge in [0, 0.05) is 35.5 Å². The van der Waals surface area contributed by atoms with Gasteiger partial charge >= 0.3 is 0 Å². The van der Waals surface area contributed by atoms with Crippen LogP contribution in [0.3, 0.4) is 0 Å². The van der Waals surface area contributed by atoms with E-state index in [0.29, 0.717) is 19.2 Å². The second-order valence-electron chi connectivity index (χ2n) is 8.06. The smallest absolute Gasteiger partial charge is 0.0732 e. The van der Waals surface area contributed by atoms with Crippen LogP contribution in [0.2, 0.25) is 0 Å². The molecule has 2 aromatic heterocycles. The SMILES string of the molecule is NCCc1c[nH]c2c(CCCc3cncc(COCC4CCCN4)c3)cccc12. The minimum atomic E-state index is 0.521. The van der Waals surface area contributed by atoms with E-state index in [2.05, 4.69) is 45.7 Å². The van der Waals surface area contributed by atoms with E-state index in [1.807, 2.05) is 12.4 Å². The summed E-state index contributed by atoms with van der Waals surface area (Å²) in [6.45, 7) is 3.23. The van der Waals surface area contributed by atoms with Crippen molar-refractivity contribution in [3.63, 3.8) is 0 Å². The standard InChI is InChI=1S/C24H32N4O/c25-10-9-21-15-28-24-20(6-2-8-23(21)24)5-1-4-18-12-19(14-26-13-18)16-29-17-22-7-3-11-27-22/h2,6,8,12-15,22,27-28H,1,3-5,7,9-11,16-17,25H2. The van der Waals surface area contributed by atoms with Gasteiger partial charge in [0.05, 0.1) is 13.2 Å². The van der Waals surface area contributed by atoms with Gasteiger partial charge in [0.2, 0.25) is 0 Å². The number of aryl methyl sites for hydroxylation is 2. The van der Waals surface area contributed by atoms with Gasteiger partial charge in [0.15, 0.2) is 0 Å². The predicted molar refractivity (Wildman–Crippen MR) is 118 cm³/mol. The number of para-hydroxylation sites is 1. The van der Waals surface area contributed by atoms with E-state index in [0.717, 1.165) is 38.8 Å². The third kappa shape index (κ3) is 5.24. The van der Waals surface area contributed by atoms with Gasteiger partial charge in [-0.1, -0.05) is 24.3 Å². The van der Waals surface area contributed by atoms with Crippen molar-refractivity contribution in [3.05, 3.63) is 65.1 Å². The number of aromatic nitrogens is 2. The summed E-state index contributed by atoms with van der Waals surface area (Å²) >= 11 is 0. The fourth-order valence-corrected chi connectivity index (χ4v) is 4.30. The molecule has 1 aliphatic heterocycles. The zero-order valence-corrected chi connectivity index (χ0v) is 17.1. The second kappa shape index (κ2) is 10.0. The monoisotopic (exact) mass is 392 g/mol. The molecule has 5 nitrogen and oxygen atoms in total. The molecule has 1 fully saturated rings. The lowest BCUT2D eigenvalue weighted by molar-refractivity contribution is 0.103. The van der Waals surface area contributed by atoms with Gasteiger partial charge in [-0.2, -0.15) is 0 Å². The minimum Gasteiger partial charge on any atom is -0.375 e. The van der Waals surface area contributed by atoms with E-state index in [9.17, 15) is 0 Å². The molecule has 1 atom stereocenters. The number of nitrogens with zero attached hydrogens (tertiary/aromatic N) is 1. The molecule has 1 aliphatic rings. The van der Waals surface area contributed by atoms with Crippen LogP contribution in [0.4, 0.5) is 0 Å². The van der Waals surface area contributed by atoms with Crippen LogP contribution in [0.5, 0.6) is 0 Å². The molecule has 1 unspecified atom stereocenters. The molecule has 0 spiro atoms. The first-order valence-corrected chi connectivity index (χ1v) is 10.9. The third-order valence-corrected chi connectivity index (χ3v) is 5.81. The Kier molecular flexibility index (Phi) is 6.93. The molecule has 4 N–H and O–H groups in total. The molecule has 0 bridgehead atoms. The highest BCUT2D eigenvalue weighted by atomic mass is 16.5. The highest BCUT2D eigenvalue weighted by molar-refractivity contribution is 5.86. The van der Waals surface area contributed by atoms with Crippen molar-refractivity contribution in [1.29, 1.82) is 0 Å². The maximum absolute atomic E-state index is 5.89. The normalized spacial score (nSPS) is 16.7. The minimum absolute atomic E-state index is 0.521. The molecule has 154 valence electrons. The number of nitrogens with one attached hydrogen (secondary N) is 2. The lowest BCUT2D eigenvalue weighted by Crippen LogP contribution is -2.26. The fraction of sp³-hybridized carbons (Fsp3) is 0.458. The molecule has 0 radical (unpaired) electrons. The van der Waals surface area contributed by atoms with Crippen molar-refractivity contribution in [2.24, 2.45) is 5.73 Å². The molecule has 3 heterocycles. The van der Waals surface area contributed by atoms with Crippen LogP contribution in [0.25, 0.3) is 10.9 Å². The Bertz CT molecular complexity index is 914. The van der Waals surface area contributed by atoms with Crippen molar-refractivity contribution in [2.75, 3.05) is 19.7 Å². The van der Waals surface area contributed by atoms with Crippen LogP contribution in [-0.4, -0.2) is 35.7 Å². The molecule has 0 amide bonds. The highest BCUT2D eigenvalue weighted by Crippen LogP contribution is 2.23. The van der Waals surface area contributed by atoms with Gasteiger partial charge < -0.3 is 20.8 Å². The van der Waals surface area contributed by atoms with Gasteiger partial charge in [0.1, 0.15) is 0 Å². The number of benzene rings is 1. The largest absolute Gasteiger partial charge is 0.375 e. The molecular formula is C24H32N4O. The van der Waals surface area contributed by atoms with E-state index in [4.69, 9.17) is 10.5 Å². The van der Waals surface area contributed by atoms with Crippen LogP contribution in [-0.2, 0) is 30.6 Å². The van der Waals surface area contributed by atoms with E-state index >= 15 is 0 Å². The molecule has 0 aliphatic carbocycles. The van der Waals surface area contributed by atoms with E-state index in [1.165, 1.54) is 46.0 Å². The average Bonchev–Trinajstić information content (AvgIpc) is 3.40. The van der Waals surface area contributed by atoms with Gasteiger partial charge in [-0.3, -0.25) is 4.98 Å². The first-order chi connectivity index (χ1) is 14.3. The van der Waals surface area contributed by atoms with Crippen molar-refractivity contribution >= 4 is 10.9 Å². The van der Waals surface area contributed by atoms with Crippen LogP contribution in [0.15, 0.2) is 42.9 Å².